The lowest BCUT2D eigenvalue weighted by Gasteiger charge is -2.03. The molecule has 0 aliphatic rings. The van der Waals surface area contributed by atoms with E-state index in [-0.39, 0.29) is 34.5 Å². The molecule has 0 spiro atoms. The summed E-state index contributed by atoms with van der Waals surface area (Å²) in [5.41, 5.74) is 5.52. The minimum Gasteiger partial charge on any atom is -0.378 e. The number of nitro groups is 2. The van der Waals surface area contributed by atoms with Gasteiger partial charge in [-0.3, -0.25) is 20.2 Å². The second-order valence-electron chi connectivity index (χ2n) is 4.69. The third kappa shape index (κ3) is 2.40. The molecule has 9 nitrogen and oxygen atoms in total. The number of nitrogen functional groups attached to an aromatic ring is 1. The van der Waals surface area contributed by atoms with Crippen molar-refractivity contribution in [1.82, 2.24) is 9.78 Å². The molecule has 0 radical (unpaired) electrons. The molecule has 0 saturated heterocycles. The third-order valence-corrected chi connectivity index (χ3v) is 2.96. The van der Waals surface area contributed by atoms with E-state index >= 15 is 0 Å². The van der Waals surface area contributed by atoms with Crippen LogP contribution in [0.4, 0.5) is 17.2 Å². The number of rotatable bonds is 4. The fourth-order valence-electron chi connectivity index (χ4n) is 2.00. The molecule has 1 aromatic heterocycles. The number of aromatic nitrogens is 2. The number of nitrogens with two attached hydrogens (primary N) is 1. The van der Waals surface area contributed by atoms with Crippen LogP contribution in [-0.2, 0) is 0 Å². The average molecular weight is 291 g/mol. The van der Waals surface area contributed by atoms with Gasteiger partial charge in [0.1, 0.15) is 11.4 Å². The van der Waals surface area contributed by atoms with Gasteiger partial charge in [-0.2, -0.15) is 5.10 Å². The highest BCUT2D eigenvalue weighted by Crippen LogP contribution is 2.35. The van der Waals surface area contributed by atoms with Crippen LogP contribution in [0.25, 0.3) is 5.69 Å². The monoisotopic (exact) mass is 291 g/mol. The van der Waals surface area contributed by atoms with Gasteiger partial charge in [-0.25, -0.2) is 4.68 Å². The van der Waals surface area contributed by atoms with Crippen molar-refractivity contribution >= 4 is 17.2 Å². The number of nitro benzene ring substituents is 1. The van der Waals surface area contributed by atoms with Crippen LogP contribution in [0, 0.1) is 20.2 Å². The molecule has 2 N–H and O–H groups in total. The molecular formula is C12H13N5O4. The fourth-order valence-corrected chi connectivity index (χ4v) is 2.00. The van der Waals surface area contributed by atoms with Crippen molar-refractivity contribution in [2.45, 2.75) is 19.8 Å². The molecule has 0 aliphatic carbocycles. The Morgan fingerprint density at radius 1 is 1.19 bits per heavy atom. The van der Waals surface area contributed by atoms with Crippen LogP contribution in [0.1, 0.15) is 25.5 Å². The average Bonchev–Trinajstić information content (AvgIpc) is 2.76. The second-order valence-corrected chi connectivity index (χ2v) is 4.69. The van der Waals surface area contributed by atoms with Crippen LogP contribution in [-0.4, -0.2) is 19.6 Å². The highest BCUT2D eigenvalue weighted by Gasteiger charge is 2.30. The molecule has 0 aliphatic heterocycles. The summed E-state index contributed by atoms with van der Waals surface area (Å²) in [6, 6.07) is 5.80. The van der Waals surface area contributed by atoms with E-state index < -0.39 is 9.85 Å². The van der Waals surface area contributed by atoms with Gasteiger partial charge in [0.15, 0.2) is 0 Å². The SMILES string of the molecule is CC(C)c1nn(-c2ccccc2[N+](=O)[O-])c(N)c1[N+](=O)[O-]. The normalized spacial score (nSPS) is 10.8. The van der Waals surface area contributed by atoms with Crippen molar-refractivity contribution in [2.24, 2.45) is 0 Å². The summed E-state index contributed by atoms with van der Waals surface area (Å²) in [6.07, 6.45) is 0. The van der Waals surface area contributed by atoms with E-state index in [2.05, 4.69) is 5.10 Å². The Hall–Kier alpha value is -2.97. The summed E-state index contributed by atoms with van der Waals surface area (Å²) in [7, 11) is 0. The Morgan fingerprint density at radius 2 is 1.81 bits per heavy atom. The first-order valence-electron chi connectivity index (χ1n) is 6.11. The predicted molar refractivity (Wildman–Crippen MR) is 75.4 cm³/mol. The zero-order valence-corrected chi connectivity index (χ0v) is 11.4. The first kappa shape index (κ1) is 14.4. The standard InChI is InChI=1S/C12H13N5O4/c1-7(2)10-11(17(20)21)12(13)15(14-10)8-5-3-4-6-9(8)16(18)19/h3-7H,13H2,1-2H3. The van der Waals surface area contributed by atoms with Crippen molar-refractivity contribution in [3.63, 3.8) is 0 Å². The van der Waals surface area contributed by atoms with Crippen molar-refractivity contribution < 1.29 is 9.85 Å². The molecule has 9 heteroatoms. The molecule has 0 bridgehead atoms. The molecule has 1 heterocycles. The number of benzene rings is 1. The van der Waals surface area contributed by atoms with Crippen LogP contribution in [0.5, 0.6) is 0 Å². The van der Waals surface area contributed by atoms with Crippen molar-refractivity contribution in [1.29, 1.82) is 0 Å². The van der Waals surface area contributed by atoms with Gasteiger partial charge in [-0.05, 0) is 6.07 Å². The molecular weight excluding hydrogens is 278 g/mol. The second kappa shape index (κ2) is 5.19. The molecule has 0 saturated carbocycles. The number of para-hydroxylation sites is 2. The number of nitrogens with zero attached hydrogens (tertiary/aromatic N) is 4. The first-order chi connectivity index (χ1) is 9.84. The molecule has 0 amide bonds. The van der Waals surface area contributed by atoms with Gasteiger partial charge >= 0.3 is 5.69 Å². The maximum absolute atomic E-state index is 11.1. The maximum atomic E-state index is 11.1. The largest absolute Gasteiger partial charge is 0.378 e. The lowest BCUT2D eigenvalue weighted by molar-refractivity contribution is -0.385. The summed E-state index contributed by atoms with van der Waals surface area (Å²) >= 11 is 0. The quantitative estimate of drug-likeness (QED) is 0.679. The third-order valence-electron chi connectivity index (χ3n) is 2.96. The van der Waals surface area contributed by atoms with E-state index in [1.807, 2.05) is 0 Å². The van der Waals surface area contributed by atoms with Gasteiger partial charge in [-0.1, -0.05) is 26.0 Å². The number of hydrogen-bond donors (Lipinski definition) is 1. The van der Waals surface area contributed by atoms with E-state index in [0.29, 0.717) is 0 Å². The van der Waals surface area contributed by atoms with Gasteiger partial charge in [0.05, 0.1) is 9.85 Å². The van der Waals surface area contributed by atoms with Crippen LogP contribution in [0.2, 0.25) is 0 Å². The van der Waals surface area contributed by atoms with Crippen LogP contribution in [0.3, 0.4) is 0 Å². The van der Waals surface area contributed by atoms with E-state index in [0.717, 1.165) is 4.68 Å². The highest BCUT2D eigenvalue weighted by molar-refractivity contribution is 5.64. The zero-order chi connectivity index (χ0) is 15.7. The highest BCUT2D eigenvalue weighted by atomic mass is 16.6. The van der Waals surface area contributed by atoms with Gasteiger partial charge in [0.25, 0.3) is 5.69 Å². The summed E-state index contributed by atoms with van der Waals surface area (Å²) in [5.74, 6) is -0.463. The lowest BCUT2D eigenvalue weighted by Crippen LogP contribution is -2.06. The number of hydrogen-bond acceptors (Lipinski definition) is 6. The smallest absolute Gasteiger partial charge is 0.334 e. The fraction of sp³-hybridized carbons (Fsp3) is 0.250. The van der Waals surface area contributed by atoms with Gasteiger partial charge in [-0.15, -0.1) is 0 Å². The Labute approximate surface area is 119 Å². The summed E-state index contributed by atoms with van der Waals surface area (Å²) in [5, 5.41) is 26.3. The van der Waals surface area contributed by atoms with Crippen LogP contribution in [0.15, 0.2) is 24.3 Å². The summed E-state index contributed by atoms with van der Waals surface area (Å²) in [6.45, 7) is 3.47. The van der Waals surface area contributed by atoms with Crippen molar-refractivity contribution in [3.05, 3.63) is 50.2 Å². The Bertz CT molecular complexity index is 722. The van der Waals surface area contributed by atoms with E-state index in [4.69, 9.17) is 5.73 Å². The molecule has 1 aromatic carbocycles. The van der Waals surface area contributed by atoms with E-state index in [1.54, 1.807) is 19.9 Å². The van der Waals surface area contributed by atoms with Crippen LogP contribution < -0.4 is 5.73 Å². The minimum absolute atomic E-state index is 0.0926. The molecule has 0 fully saturated rings. The van der Waals surface area contributed by atoms with Crippen molar-refractivity contribution in [3.8, 4) is 5.69 Å². The lowest BCUT2D eigenvalue weighted by atomic mass is 10.1. The maximum Gasteiger partial charge on any atom is 0.334 e. The van der Waals surface area contributed by atoms with Crippen molar-refractivity contribution in [2.75, 3.05) is 5.73 Å². The summed E-state index contributed by atoms with van der Waals surface area (Å²) in [4.78, 5) is 21.0. The van der Waals surface area contributed by atoms with E-state index in [9.17, 15) is 20.2 Å². The molecule has 2 rings (SSSR count). The minimum atomic E-state index is -0.622. The number of anilines is 1. The molecule has 2 aromatic rings. The Balaban J connectivity index is 2.75. The molecule has 0 unspecified atom stereocenters. The van der Waals surface area contributed by atoms with Gasteiger partial charge in [0, 0.05) is 12.0 Å². The summed E-state index contributed by atoms with van der Waals surface area (Å²) < 4.78 is 1.05. The first-order valence-corrected chi connectivity index (χ1v) is 6.11. The van der Waals surface area contributed by atoms with Gasteiger partial charge < -0.3 is 5.73 Å². The van der Waals surface area contributed by atoms with Gasteiger partial charge in [0.2, 0.25) is 5.82 Å². The Kier molecular flexibility index (Phi) is 3.57. The topological polar surface area (TPSA) is 130 Å². The molecule has 21 heavy (non-hydrogen) atoms. The Morgan fingerprint density at radius 3 is 2.29 bits per heavy atom. The molecule has 110 valence electrons. The zero-order valence-electron chi connectivity index (χ0n) is 11.4. The molecule has 0 atom stereocenters. The van der Waals surface area contributed by atoms with E-state index in [1.165, 1.54) is 18.2 Å². The van der Waals surface area contributed by atoms with Crippen LogP contribution >= 0.6 is 0 Å². The predicted octanol–water partition coefficient (Wildman–Crippen LogP) is 2.39.